The third-order valence-electron chi connectivity index (χ3n) is 4.66. The summed E-state index contributed by atoms with van der Waals surface area (Å²) in [5.41, 5.74) is 0. The Kier molecular flexibility index (Phi) is 4.46. The van der Waals surface area contributed by atoms with Gasteiger partial charge in [-0.1, -0.05) is 0 Å². The van der Waals surface area contributed by atoms with E-state index in [9.17, 15) is 4.79 Å². The topological polar surface area (TPSA) is 53.8 Å². The molecule has 7 heteroatoms. The average Bonchev–Trinajstić information content (AvgIpc) is 2.93. The van der Waals surface area contributed by atoms with Crippen LogP contribution in [0, 0.1) is 0 Å². The van der Waals surface area contributed by atoms with Crippen molar-refractivity contribution in [1.29, 1.82) is 0 Å². The molecule has 3 heterocycles. The number of likely N-dealkylation sites (N-methyl/N-ethyl adjacent to an activating group) is 2. The Morgan fingerprint density at radius 2 is 2.05 bits per heavy atom. The second-order valence-corrected chi connectivity index (χ2v) is 6.30. The highest BCUT2D eigenvalue weighted by molar-refractivity contribution is 5.81. The number of imidazole rings is 1. The molecule has 0 bridgehead atoms. The molecule has 2 fully saturated rings. The highest BCUT2D eigenvalue weighted by Gasteiger charge is 2.35. The van der Waals surface area contributed by atoms with E-state index in [1.807, 2.05) is 36.0 Å². The molecule has 3 rings (SSSR count). The molecule has 2 saturated heterocycles. The van der Waals surface area contributed by atoms with E-state index in [1.165, 1.54) is 0 Å². The van der Waals surface area contributed by atoms with Crippen LogP contribution in [-0.4, -0.2) is 89.7 Å². The van der Waals surface area contributed by atoms with Gasteiger partial charge in [0.2, 0.25) is 0 Å². The van der Waals surface area contributed by atoms with Crippen molar-refractivity contribution in [2.75, 3.05) is 53.4 Å². The Labute approximate surface area is 131 Å². The van der Waals surface area contributed by atoms with Crippen LogP contribution in [-0.2, 0) is 16.6 Å². The molecule has 0 aromatic carbocycles. The molecule has 0 unspecified atom stereocenters. The highest BCUT2D eigenvalue weighted by Crippen LogP contribution is 2.23. The number of hydrogen-bond donors (Lipinski definition) is 0. The maximum atomic E-state index is 12.7. The van der Waals surface area contributed by atoms with Crippen LogP contribution >= 0.6 is 0 Å². The Bertz CT molecular complexity index is 532. The fourth-order valence-electron chi connectivity index (χ4n) is 3.18. The minimum absolute atomic E-state index is 0.110. The Hall–Kier alpha value is -1.44. The quantitative estimate of drug-likeness (QED) is 0.742. The monoisotopic (exact) mass is 307 g/mol. The molecule has 1 amide bonds. The molecule has 1 aromatic rings. The Morgan fingerprint density at radius 3 is 2.73 bits per heavy atom. The smallest absolute Gasteiger partial charge is 0.253 e. The molecular formula is C15H25N5O2. The van der Waals surface area contributed by atoms with Crippen molar-refractivity contribution in [3.05, 3.63) is 18.2 Å². The van der Waals surface area contributed by atoms with E-state index in [4.69, 9.17) is 4.74 Å². The Balaban J connectivity index is 1.70. The summed E-state index contributed by atoms with van der Waals surface area (Å²) in [6, 6.07) is 0.138. The number of nitrogens with zero attached hydrogens (tertiary/aromatic N) is 5. The normalized spacial score (nSPS) is 28.0. The summed E-state index contributed by atoms with van der Waals surface area (Å²) in [6.45, 7) is 4.47. The molecule has 122 valence electrons. The number of carbonyl (C=O) groups is 1. The predicted octanol–water partition coefficient (Wildman–Crippen LogP) is -0.434. The van der Waals surface area contributed by atoms with Crippen molar-refractivity contribution >= 4 is 5.91 Å². The number of aromatic nitrogens is 2. The second-order valence-electron chi connectivity index (χ2n) is 6.30. The molecule has 0 aliphatic carbocycles. The number of amides is 1. The highest BCUT2D eigenvalue weighted by atomic mass is 16.5. The minimum atomic E-state index is -0.329. The van der Waals surface area contributed by atoms with Crippen LogP contribution in [0.5, 0.6) is 0 Å². The first-order valence-corrected chi connectivity index (χ1v) is 7.82. The van der Waals surface area contributed by atoms with Gasteiger partial charge in [-0.2, -0.15) is 0 Å². The lowest BCUT2D eigenvalue weighted by atomic mass is 10.1. The van der Waals surface area contributed by atoms with E-state index in [0.717, 1.165) is 25.5 Å². The number of piperazine rings is 1. The van der Waals surface area contributed by atoms with Gasteiger partial charge in [0.05, 0.1) is 12.6 Å². The van der Waals surface area contributed by atoms with Crippen molar-refractivity contribution in [2.45, 2.75) is 12.1 Å². The van der Waals surface area contributed by atoms with Gasteiger partial charge < -0.3 is 19.1 Å². The molecule has 7 nitrogen and oxygen atoms in total. The zero-order valence-corrected chi connectivity index (χ0v) is 13.6. The number of aryl methyl sites for hydroxylation is 1. The summed E-state index contributed by atoms with van der Waals surface area (Å²) in [5, 5.41) is 0. The third kappa shape index (κ3) is 3.02. The Morgan fingerprint density at radius 1 is 1.23 bits per heavy atom. The number of hydrogen-bond acceptors (Lipinski definition) is 5. The zero-order chi connectivity index (χ0) is 15.7. The fraction of sp³-hybridized carbons (Fsp3) is 0.733. The molecule has 2 aliphatic rings. The third-order valence-corrected chi connectivity index (χ3v) is 4.66. The van der Waals surface area contributed by atoms with Gasteiger partial charge in [0, 0.05) is 52.2 Å². The summed E-state index contributed by atoms with van der Waals surface area (Å²) in [4.78, 5) is 23.5. The first kappa shape index (κ1) is 15.5. The van der Waals surface area contributed by atoms with Crippen LogP contribution in [0.15, 0.2) is 12.4 Å². The van der Waals surface area contributed by atoms with Crippen LogP contribution < -0.4 is 0 Å². The van der Waals surface area contributed by atoms with E-state index >= 15 is 0 Å². The minimum Gasteiger partial charge on any atom is -0.366 e. The van der Waals surface area contributed by atoms with Crippen molar-refractivity contribution in [1.82, 2.24) is 24.3 Å². The van der Waals surface area contributed by atoms with Crippen molar-refractivity contribution < 1.29 is 9.53 Å². The lowest BCUT2D eigenvalue weighted by Crippen LogP contribution is -2.55. The molecule has 2 atom stereocenters. The van der Waals surface area contributed by atoms with E-state index in [2.05, 4.69) is 21.8 Å². The van der Waals surface area contributed by atoms with Crippen LogP contribution in [0.25, 0.3) is 0 Å². The van der Waals surface area contributed by atoms with Gasteiger partial charge in [-0.3, -0.25) is 9.69 Å². The largest absolute Gasteiger partial charge is 0.366 e. The van der Waals surface area contributed by atoms with Gasteiger partial charge in [0.1, 0.15) is 11.9 Å². The second kappa shape index (κ2) is 6.36. The van der Waals surface area contributed by atoms with Gasteiger partial charge in [0.15, 0.2) is 0 Å². The summed E-state index contributed by atoms with van der Waals surface area (Å²) >= 11 is 0. The molecule has 0 spiro atoms. The maximum absolute atomic E-state index is 12.7. The first-order valence-electron chi connectivity index (χ1n) is 7.82. The molecule has 22 heavy (non-hydrogen) atoms. The van der Waals surface area contributed by atoms with Crippen molar-refractivity contribution in [3.63, 3.8) is 0 Å². The van der Waals surface area contributed by atoms with Gasteiger partial charge >= 0.3 is 0 Å². The lowest BCUT2D eigenvalue weighted by Gasteiger charge is -2.41. The lowest BCUT2D eigenvalue weighted by molar-refractivity contribution is -0.151. The molecular weight excluding hydrogens is 282 g/mol. The maximum Gasteiger partial charge on any atom is 0.253 e. The number of ether oxygens (including phenoxy) is 1. The van der Waals surface area contributed by atoms with Gasteiger partial charge in [-0.05, 0) is 14.1 Å². The van der Waals surface area contributed by atoms with Crippen LogP contribution in [0.3, 0.4) is 0 Å². The van der Waals surface area contributed by atoms with Gasteiger partial charge in [-0.15, -0.1) is 0 Å². The van der Waals surface area contributed by atoms with E-state index in [0.29, 0.717) is 19.7 Å². The van der Waals surface area contributed by atoms with Gasteiger partial charge in [0.25, 0.3) is 5.91 Å². The predicted molar refractivity (Wildman–Crippen MR) is 82.4 cm³/mol. The van der Waals surface area contributed by atoms with Crippen LogP contribution in [0.4, 0.5) is 0 Å². The molecule has 2 aliphatic heterocycles. The summed E-state index contributed by atoms with van der Waals surface area (Å²) < 4.78 is 7.70. The van der Waals surface area contributed by atoms with Crippen LogP contribution in [0.1, 0.15) is 11.9 Å². The molecule has 0 N–H and O–H groups in total. The number of morpholine rings is 1. The SMILES string of the molecule is CN1CCO[C@H](C(=O)N2CCN(C)[C@H](c3nccn3C)C2)C1. The van der Waals surface area contributed by atoms with Crippen LogP contribution in [0.2, 0.25) is 0 Å². The van der Waals surface area contributed by atoms with Crippen molar-refractivity contribution in [3.8, 4) is 0 Å². The number of rotatable bonds is 2. The standard InChI is InChI=1S/C15H25N5O2/c1-17-8-9-22-13(11-17)15(21)20-7-6-18(2)12(10-20)14-16-4-5-19(14)3/h4-5,12-13H,6-11H2,1-3H3/t12-,13-/m0/s1. The zero-order valence-electron chi connectivity index (χ0n) is 13.6. The van der Waals surface area contributed by atoms with Crippen molar-refractivity contribution in [2.24, 2.45) is 7.05 Å². The average molecular weight is 307 g/mol. The van der Waals surface area contributed by atoms with E-state index in [1.54, 1.807) is 0 Å². The summed E-state index contributed by atoms with van der Waals surface area (Å²) in [5.74, 6) is 1.11. The van der Waals surface area contributed by atoms with E-state index in [-0.39, 0.29) is 18.1 Å². The first-order chi connectivity index (χ1) is 10.6. The summed E-state index contributed by atoms with van der Waals surface area (Å²) in [6.07, 6.45) is 3.43. The molecule has 1 aromatic heterocycles. The molecule has 0 saturated carbocycles. The fourth-order valence-corrected chi connectivity index (χ4v) is 3.18. The van der Waals surface area contributed by atoms with E-state index < -0.39 is 0 Å². The van der Waals surface area contributed by atoms with Gasteiger partial charge in [-0.25, -0.2) is 4.98 Å². The number of carbonyl (C=O) groups excluding carboxylic acids is 1. The molecule has 0 radical (unpaired) electrons. The summed E-state index contributed by atoms with van der Waals surface area (Å²) in [7, 11) is 6.12.